The molecule has 1 aliphatic rings. The van der Waals surface area contributed by atoms with Crippen molar-refractivity contribution in [1.82, 2.24) is 10.5 Å². The Hall–Kier alpha value is -1.04. The third-order valence-corrected chi connectivity index (χ3v) is 2.61. The summed E-state index contributed by atoms with van der Waals surface area (Å²) in [7, 11) is 0. The molecule has 1 fully saturated rings. The fraction of sp³-hybridized carbons (Fsp3) is 0.667. The number of hydrogen-bond donors (Lipinski definition) is 1. The Morgan fingerprint density at radius 1 is 1.33 bits per heavy atom. The summed E-state index contributed by atoms with van der Waals surface area (Å²) in [5.41, 5.74) is -0.727. The van der Waals surface area contributed by atoms with Crippen molar-refractivity contribution in [2.24, 2.45) is 0 Å². The van der Waals surface area contributed by atoms with Crippen molar-refractivity contribution >= 4 is 0 Å². The molecular weight excluding hydrogens is 209 g/mol. The lowest BCUT2D eigenvalue weighted by Crippen LogP contribution is -2.27. The van der Waals surface area contributed by atoms with Gasteiger partial charge in [0.25, 0.3) is 0 Å². The van der Waals surface area contributed by atoms with Crippen LogP contribution in [0.5, 0.6) is 0 Å². The summed E-state index contributed by atoms with van der Waals surface area (Å²) in [6.07, 6.45) is -2.27. The normalized spacial score (nSPS) is 19.4. The van der Waals surface area contributed by atoms with Gasteiger partial charge in [-0.1, -0.05) is 5.16 Å². The monoisotopic (exact) mass is 220 g/mol. The smallest absolute Gasteiger partial charge is 0.360 e. The number of piperidine rings is 1. The Kier molecular flexibility index (Phi) is 2.68. The van der Waals surface area contributed by atoms with Crippen LogP contribution in [0.15, 0.2) is 10.7 Å². The van der Waals surface area contributed by atoms with E-state index in [4.69, 9.17) is 4.52 Å². The van der Waals surface area contributed by atoms with Crippen LogP contribution in [0.4, 0.5) is 13.2 Å². The van der Waals surface area contributed by atoms with E-state index in [1.54, 1.807) is 0 Å². The summed E-state index contributed by atoms with van der Waals surface area (Å²) >= 11 is 0. The van der Waals surface area contributed by atoms with E-state index < -0.39 is 11.7 Å². The SMILES string of the molecule is FC(F)(F)c1cnoc1C1CCNCC1. The molecular formula is C9H11F3N2O. The van der Waals surface area contributed by atoms with E-state index in [1.165, 1.54) is 0 Å². The van der Waals surface area contributed by atoms with Gasteiger partial charge in [0.1, 0.15) is 5.56 Å². The molecule has 0 spiro atoms. The minimum atomic E-state index is -4.36. The fourth-order valence-electron chi connectivity index (χ4n) is 1.84. The molecule has 1 aromatic rings. The molecule has 0 bridgehead atoms. The Morgan fingerprint density at radius 2 is 2.00 bits per heavy atom. The van der Waals surface area contributed by atoms with E-state index in [9.17, 15) is 13.2 Å². The third-order valence-electron chi connectivity index (χ3n) is 2.61. The highest BCUT2D eigenvalue weighted by molar-refractivity contribution is 5.21. The molecule has 6 heteroatoms. The van der Waals surface area contributed by atoms with Crippen molar-refractivity contribution in [3.63, 3.8) is 0 Å². The van der Waals surface area contributed by atoms with E-state index in [2.05, 4.69) is 10.5 Å². The second-order valence-electron chi connectivity index (χ2n) is 3.63. The predicted molar refractivity (Wildman–Crippen MR) is 46.3 cm³/mol. The molecule has 1 aromatic heterocycles. The molecule has 1 saturated heterocycles. The Morgan fingerprint density at radius 3 is 2.60 bits per heavy atom. The topological polar surface area (TPSA) is 38.1 Å². The highest BCUT2D eigenvalue weighted by Crippen LogP contribution is 2.37. The summed E-state index contributed by atoms with van der Waals surface area (Å²) < 4.78 is 42.3. The summed E-state index contributed by atoms with van der Waals surface area (Å²) in [5, 5.41) is 6.34. The van der Waals surface area contributed by atoms with Crippen molar-refractivity contribution < 1.29 is 17.7 Å². The molecule has 2 rings (SSSR count). The standard InChI is InChI=1S/C9H11F3N2O/c10-9(11,12)7-5-14-15-8(7)6-1-3-13-4-2-6/h5-6,13H,1-4H2. The van der Waals surface area contributed by atoms with Gasteiger partial charge in [0.05, 0.1) is 6.20 Å². The summed E-state index contributed by atoms with van der Waals surface area (Å²) in [4.78, 5) is 0. The second-order valence-corrected chi connectivity index (χ2v) is 3.63. The number of nitrogens with one attached hydrogen (secondary N) is 1. The Labute approximate surface area is 84.6 Å². The van der Waals surface area contributed by atoms with Crippen LogP contribution in [0.1, 0.15) is 30.1 Å². The van der Waals surface area contributed by atoms with Crippen LogP contribution in [0.2, 0.25) is 0 Å². The average Bonchev–Trinajstić information content (AvgIpc) is 2.67. The van der Waals surface area contributed by atoms with E-state index in [1.807, 2.05) is 0 Å². The first-order valence-corrected chi connectivity index (χ1v) is 4.81. The molecule has 0 radical (unpaired) electrons. The van der Waals surface area contributed by atoms with Gasteiger partial charge in [-0.15, -0.1) is 0 Å². The maximum absolute atomic E-state index is 12.5. The predicted octanol–water partition coefficient (Wildman–Crippen LogP) is 2.16. The molecule has 1 N–H and O–H groups in total. The van der Waals surface area contributed by atoms with Gasteiger partial charge in [0.15, 0.2) is 5.76 Å². The van der Waals surface area contributed by atoms with Crippen LogP contribution in [-0.4, -0.2) is 18.2 Å². The molecule has 0 saturated carbocycles. The molecule has 1 aliphatic heterocycles. The van der Waals surface area contributed by atoms with Crippen molar-refractivity contribution in [3.8, 4) is 0 Å². The molecule has 0 aromatic carbocycles. The minimum absolute atomic E-state index is 0.0102. The number of aromatic nitrogens is 1. The van der Waals surface area contributed by atoms with Gasteiger partial charge in [-0.25, -0.2) is 0 Å². The second kappa shape index (κ2) is 3.84. The van der Waals surface area contributed by atoms with Crippen molar-refractivity contribution in [3.05, 3.63) is 17.5 Å². The van der Waals surface area contributed by atoms with Crippen LogP contribution in [0.3, 0.4) is 0 Å². The van der Waals surface area contributed by atoms with E-state index >= 15 is 0 Å². The molecule has 0 atom stereocenters. The zero-order chi connectivity index (χ0) is 10.9. The third kappa shape index (κ3) is 2.14. The number of halogens is 3. The molecule has 0 aliphatic carbocycles. The number of nitrogens with zero attached hydrogens (tertiary/aromatic N) is 1. The van der Waals surface area contributed by atoms with Crippen molar-refractivity contribution in [2.75, 3.05) is 13.1 Å². The summed E-state index contributed by atoms with van der Waals surface area (Å²) in [5.74, 6) is -0.172. The first kappa shape index (κ1) is 10.5. The number of rotatable bonds is 1. The zero-order valence-corrected chi connectivity index (χ0v) is 7.97. The lowest BCUT2D eigenvalue weighted by atomic mass is 9.93. The number of alkyl halides is 3. The molecule has 3 nitrogen and oxygen atoms in total. The molecule has 2 heterocycles. The van der Waals surface area contributed by atoms with Crippen molar-refractivity contribution in [1.29, 1.82) is 0 Å². The molecule has 0 unspecified atom stereocenters. The first-order valence-electron chi connectivity index (χ1n) is 4.81. The average molecular weight is 220 g/mol. The number of hydrogen-bond acceptors (Lipinski definition) is 3. The highest BCUT2D eigenvalue weighted by Gasteiger charge is 2.38. The summed E-state index contributed by atoms with van der Waals surface area (Å²) in [6, 6.07) is 0. The quantitative estimate of drug-likeness (QED) is 0.788. The van der Waals surface area contributed by atoms with Gasteiger partial charge in [-0.05, 0) is 25.9 Å². The van der Waals surface area contributed by atoms with Crippen LogP contribution in [-0.2, 0) is 6.18 Å². The van der Waals surface area contributed by atoms with Crippen molar-refractivity contribution in [2.45, 2.75) is 24.9 Å². The maximum atomic E-state index is 12.5. The Balaban J connectivity index is 2.24. The van der Waals surface area contributed by atoms with Gasteiger partial charge in [-0.3, -0.25) is 0 Å². The lowest BCUT2D eigenvalue weighted by Gasteiger charge is -2.21. The highest BCUT2D eigenvalue weighted by atomic mass is 19.4. The van der Waals surface area contributed by atoms with Gasteiger partial charge < -0.3 is 9.84 Å². The Bertz CT molecular complexity index is 328. The maximum Gasteiger partial charge on any atom is 0.421 e. The molecule has 15 heavy (non-hydrogen) atoms. The largest absolute Gasteiger partial charge is 0.421 e. The van der Waals surface area contributed by atoms with Gasteiger partial charge in [0, 0.05) is 5.92 Å². The van der Waals surface area contributed by atoms with Gasteiger partial charge in [0.2, 0.25) is 0 Å². The first-order chi connectivity index (χ1) is 7.09. The van der Waals surface area contributed by atoms with Crippen LogP contribution in [0.25, 0.3) is 0 Å². The van der Waals surface area contributed by atoms with E-state index in [0.717, 1.165) is 19.3 Å². The van der Waals surface area contributed by atoms with E-state index in [0.29, 0.717) is 12.8 Å². The molecule has 84 valence electrons. The van der Waals surface area contributed by atoms with Gasteiger partial charge in [-0.2, -0.15) is 13.2 Å². The van der Waals surface area contributed by atoms with E-state index in [-0.39, 0.29) is 11.7 Å². The fourth-order valence-corrected chi connectivity index (χ4v) is 1.84. The molecule has 0 amide bonds. The minimum Gasteiger partial charge on any atom is -0.360 e. The lowest BCUT2D eigenvalue weighted by molar-refractivity contribution is -0.139. The van der Waals surface area contributed by atoms with Crippen LogP contribution in [0, 0.1) is 0 Å². The zero-order valence-electron chi connectivity index (χ0n) is 7.97. The van der Waals surface area contributed by atoms with Crippen LogP contribution >= 0.6 is 0 Å². The van der Waals surface area contributed by atoms with Crippen LogP contribution < -0.4 is 5.32 Å². The summed E-state index contributed by atoms with van der Waals surface area (Å²) in [6.45, 7) is 1.45. The van der Waals surface area contributed by atoms with Gasteiger partial charge >= 0.3 is 6.18 Å².